The topological polar surface area (TPSA) is 58.4 Å². The number of anilines is 1. The number of thiocarbonyl (C=S) groups is 1. The van der Waals surface area contributed by atoms with E-state index in [0.717, 1.165) is 16.8 Å². The smallest absolute Gasteiger partial charge is 0.241 e. The Hall–Kier alpha value is -1.62. The fraction of sp³-hybridized carbons (Fsp3) is 0.429. The van der Waals surface area contributed by atoms with E-state index in [4.69, 9.17) is 18.0 Å². The zero-order valence-corrected chi connectivity index (χ0v) is 12.5. The van der Waals surface area contributed by atoms with Gasteiger partial charge in [-0.3, -0.25) is 4.79 Å². The molecular weight excluding hydrogens is 258 g/mol. The molecule has 0 radical (unpaired) electrons. The number of aryl methyl sites for hydroxylation is 1. The maximum atomic E-state index is 11.9. The minimum Gasteiger partial charge on any atom is -0.389 e. The SMILES string of the molecule is CCN(CC)C(=O)CNc1cc(C)ccc1C(N)=S. The monoisotopic (exact) mass is 279 g/mol. The Morgan fingerprint density at radius 1 is 1.37 bits per heavy atom. The zero-order valence-electron chi connectivity index (χ0n) is 11.7. The number of likely N-dealkylation sites (N-methyl/N-ethyl adjacent to an activating group) is 1. The number of hydrogen-bond donors (Lipinski definition) is 2. The van der Waals surface area contributed by atoms with Crippen LogP contribution in [0.25, 0.3) is 0 Å². The van der Waals surface area contributed by atoms with Crippen LogP contribution in [0.1, 0.15) is 25.0 Å². The Labute approximate surface area is 120 Å². The van der Waals surface area contributed by atoms with E-state index in [0.29, 0.717) is 18.1 Å². The highest BCUT2D eigenvalue weighted by molar-refractivity contribution is 7.80. The van der Waals surface area contributed by atoms with Crippen LogP contribution in [0.5, 0.6) is 0 Å². The quantitative estimate of drug-likeness (QED) is 0.781. The first kappa shape index (κ1) is 15.4. The molecule has 0 aliphatic heterocycles. The maximum absolute atomic E-state index is 11.9. The third-order valence-corrected chi connectivity index (χ3v) is 3.21. The fourth-order valence-electron chi connectivity index (χ4n) is 1.88. The van der Waals surface area contributed by atoms with E-state index in [-0.39, 0.29) is 12.5 Å². The number of carbonyl (C=O) groups is 1. The molecule has 0 atom stereocenters. The van der Waals surface area contributed by atoms with Crippen LogP contribution < -0.4 is 11.1 Å². The molecule has 19 heavy (non-hydrogen) atoms. The van der Waals surface area contributed by atoms with E-state index in [1.807, 2.05) is 39.0 Å². The number of hydrogen-bond acceptors (Lipinski definition) is 3. The predicted molar refractivity (Wildman–Crippen MR) is 83.5 cm³/mol. The van der Waals surface area contributed by atoms with E-state index in [9.17, 15) is 4.79 Å². The molecule has 1 aromatic rings. The van der Waals surface area contributed by atoms with Gasteiger partial charge in [-0.2, -0.15) is 0 Å². The molecule has 0 bridgehead atoms. The molecule has 3 N–H and O–H groups in total. The average Bonchev–Trinajstić information content (AvgIpc) is 2.37. The first-order valence-corrected chi connectivity index (χ1v) is 6.82. The van der Waals surface area contributed by atoms with Crippen LogP contribution in [-0.2, 0) is 4.79 Å². The highest BCUT2D eigenvalue weighted by atomic mass is 32.1. The molecule has 0 saturated carbocycles. The Bertz CT molecular complexity index is 470. The summed E-state index contributed by atoms with van der Waals surface area (Å²) in [5, 5.41) is 3.13. The second kappa shape index (κ2) is 7.09. The van der Waals surface area contributed by atoms with Gasteiger partial charge in [0.2, 0.25) is 5.91 Å². The first-order valence-electron chi connectivity index (χ1n) is 6.41. The lowest BCUT2D eigenvalue weighted by molar-refractivity contribution is -0.128. The summed E-state index contributed by atoms with van der Waals surface area (Å²) in [5.74, 6) is 0.0698. The number of nitrogens with two attached hydrogens (primary N) is 1. The molecule has 1 aromatic carbocycles. The molecule has 0 fully saturated rings. The van der Waals surface area contributed by atoms with Gasteiger partial charge < -0.3 is 16.0 Å². The van der Waals surface area contributed by atoms with Gasteiger partial charge in [0.15, 0.2) is 0 Å². The number of carbonyl (C=O) groups excluding carboxylic acids is 1. The molecule has 104 valence electrons. The molecule has 0 spiro atoms. The third-order valence-electron chi connectivity index (χ3n) is 2.99. The van der Waals surface area contributed by atoms with Crippen LogP contribution in [0.2, 0.25) is 0 Å². The van der Waals surface area contributed by atoms with Crippen LogP contribution in [-0.4, -0.2) is 35.4 Å². The molecule has 0 unspecified atom stereocenters. The van der Waals surface area contributed by atoms with Crippen molar-refractivity contribution in [2.24, 2.45) is 5.73 Å². The minimum absolute atomic E-state index is 0.0698. The van der Waals surface area contributed by atoms with Gasteiger partial charge in [-0.05, 0) is 38.5 Å². The van der Waals surface area contributed by atoms with E-state index in [1.165, 1.54) is 0 Å². The van der Waals surface area contributed by atoms with Crippen LogP contribution in [0, 0.1) is 6.92 Å². The van der Waals surface area contributed by atoms with Gasteiger partial charge >= 0.3 is 0 Å². The van der Waals surface area contributed by atoms with Gasteiger partial charge in [-0.25, -0.2) is 0 Å². The number of amides is 1. The van der Waals surface area contributed by atoms with Crippen molar-refractivity contribution < 1.29 is 4.79 Å². The molecule has 0 aromatic heterocycles. The van der Waals surface area contributed by atoms with Crippen LogP contribution in [0.15, 0.2) is 18.2 Å². The number of rotatable bonds is 6. The minimum atomic E-state index is 0.0698. The van der Waals surface area contributed by atoms with Crippen LogP contribution in [0.4, 0.5) is 5.69 Å². The van der Waals surface area contributed by atoms with Crippen LogP contribution >= 0.6 is 12.2 Å². The zero-order chi connectivity index (χ0) is 14.4. The van der Waals surface area contributed by atoms with Crippen molar-refractivity contribution in [3.05, 3.63) is 29.3 Å². The summed E-state index contributed by atoms with van der Waals surface area (Å²) in [6, 6.07) is 5.78. The van der Waals surface area contributed by atoms with Gasteiger partial charge in [0.05, 0.1) is 6.54 Å². The average molecular weight is 279 g/mol. The number of nitrogens with one attached hydrogen (secondary N) is 1. The summed E-state index contributed by atoms with van der Waals surface area (Å²) >= 11 is 5.01. The van der Waals surface area contributed by atoms with Crippen molar-refractivity contribution in [1.82, 2.24) is 4.90 Å². The molecule has 0 heterocycles. The molecule has 5 heteroatoms. The summed E-state index contributed by atoms with van der Waals surface area (Å²) in [4.78, 5) is 14.1. The fourth-order valence-corrected chi connectivity index (χ4v) is 2.06. The van der Waals surface area contributed by atoms with Crippen molar-refractivity contribution in [3.63, 3.8) is 0 Å². The second-order valence-corrected chi connectivity index (χ2v) is 4.77. The van der Waals surface area contributed by atoms with Gasteiger partial charge in [-0.15, -0.1) is 0 Å². The van der Waals surface area contributed by atoms with Gasteiger partial charge in [0.25, 0.3) is 0 Å². The Balaban J connectivity index is 2.79. The molecule has 0 saturated heterocycles. The standard InChI is InChI=1S/C14H21N3OS/c1-4-17(5-2)13(18)9-16-12-8-10(3)6-7-11(12)14(15)19/h6-8,16H,4-5,9H2,1-3H3,(H2,15,19). The first-order chi connectivity index (χ1) is 8.99. The molecule has 1 rings (SSSR count). The lowest BCUT2D eigenvalue weighted by Crippen LogP contribution is -2.35. The van der Waals surface area contributed by atoms with E-state index < -0.39 is 0 Å². The third kappa shape index (κ3) is 4.21. The van der Waals surface area contributed by atoms with Crippen molar-refractivity contribution in [3.8, 4) is 0 Å². The van der Waals surface area contributed by atoms with Crippen molar-refractivity contribution >= 4 is 28.8 Å². The van der Waals surface area contributed by atoms with E-state index >= 15 is 0 Å². The predicted octanol–water partition coefficient (Wildman–Crippen LogP) is 1.91. The molecule has 0 aliphatic rings. The summed E-state index contributed by atoms with van der Waals surface area (Å²) in [5.41, 5.74) is 8.36. The summed E-state index contributed by atoms with van der Waals surface area (Å²) in [7, 11) is 0. The number of benzene rings is 1. The maximum Gasteiger partial charge on any atom is 0.241 e. The number of nitrogens with zero attached hydrogens (tertiary/aromatic N) is 1. The van der Waals surface area contributed by atoms with E-state index in [2.05, 4.69) is 5.32 Å². The molecule has 1 amide bonds. The van der Waals surface area contributed by atoms with Crippen LogP contribution in [0.3, 0.4) is 0 Å². The molecule has 4 nitrogen and oxygen atoms in total. The Morgan fingerprint density at radius 2 is 2.00 bits per heavy atom. The van der Waals surface area contributed by atoms with E-state index in [1.54, 1.807) is 4.90 Å². The molecular formula is C14H21N3OS. The Morgan fingerprint density at radius 3 is 2.53 bits per heavy atom. The van der Waals surface area contributed by atoms with Gasteiger partial charge in [-0.1, -0.05) is 18.3 Å². The lowest BCUT2D eigenvalue weighted by atomic mass is 10.1. The van der Waals surface area contributed by atoms with Crippen molar-refractivity contribution in [2.45, 2.75) is 20.8 Å². The second-order valence-electron chi connectivity index (χ2n) is 4.33. The highest BCUT2D eigenvalue weighted by Gasteiger charge is 2.11. The largest absolute Gasteiger partial charge is 0.389 e. The normalized spacial score (nSPS) is 10.1. The highest BCUT2D eigenvalue weighted by Crippen LogP contribution is 2.17. The summed E-state index contributed by atoms with van der Waals surface area (Å²) in [6.07, 6.45) is 0. The summed E-state index contributed by atoms with van der Waals surface area (Å²) in [6.45, 7) is 7.60. The Kier molecular flexibility index (Phi) is 5.76. The molecule has 0 aliphatic carbocycles. The lowest BCUT2D eigenvalue weighted by Gasteiger charge is -2.20. The van der Waals surface area contributed by atoms with Crippen molar-refractivity contribution in [2.75, 3.05) is 25.0 Å². The van der Waals surface area contributed by atoms with Gasteiger partial charge in [0.1, 0.15) is 4.99 Å². The van der Waals surface area contributed by atoms with Crippen molar-refractivity contribution in [1.29, 1.82) is 0 Å². The summed E-state index contributed by atoms with van der Waals surface area (Å²) < 4.78 is 0. The van der Waals surface area contributed by atoms with Gasteiger partial charge in [0, 0.05) is 24.3 Å².